The monoisotopic (exact) mass is 394 g/mol. The average Bonchev–Trinajstić information content (AvgIpc) is 3.29. The highest BCUT2D eigenvalue weighted by Gasteiger charge is 2.42. The van der Waals surface area contributed by atoms with Gasteiger partial charge in [-0.15, -0.1) is 0 Å². The number of ether oxygens (including phenoxy) is 1. The van der Waals surface area contributed by atoms with Gasteiger partial charge >= 0.3 is 0 Å². The Morgan fingerprint density at radius 3 is 2.78 bits per heavy atom. The lowest BCUT2D eigenvalue weighted by atomic mass is 9.87. The van der Waals surface area contributed by atoms with Crippen LogP contribution in [0.4, 0.5) is 0 Å². The van der Waals surface area contributed by atoms with Crippen molar-refractivity contribution in [1.82, 2.24) is 14.5 Å². The highest BCUT2D eigenvalue weighted by atomic mass is 32.2. The van der Waals surface area contributed by atoms with Crippen LogP contribution < -0.4 is 5.32 Å². The van der Waals surface area contributed by atoms with E-state index in [1.807, 2.05) is 19.1 Å². The van der Waals surface area contributed by atoms with Gasteiger partial charge in [-0.05, 0) is 31.4 Å². The summed E-state index contributed by atoms with van der Waals surface area (Å²) in [6.07, 6.45) is 2.22. The van der Waals surface area contributed by atoms with E-state index in [-0.39, 0.29) is 5.41 Å². The first-order valence-corrected chi connectivity index (χ1v) is 10.9. The summed E-state index contributed by atoms with van der Waals surface area (Å²) in [7, 11) is -0.395. The number of hydrogen-bond donors (Lipinski definition) is 1. The van der Waals surface area contributed by atoms with Crippen molar-refractivity contribution in [3.05, 3.63) is 29.8 Å². The molecule has 1 aromatic rings. The number of aliphatic imine (C=N–C) groups is 1. The van der Waals surface area contributed by atoms with E-state index in [4.69, 9.17) is 9.73 Å². The third kappa shape index (κ3) is 4.28. The lowest BCUT2D eigenvalue weighted by molar-refractivity contribution is 0.156. The molecule has 2 aliphatic rings. The van der Waals surface area contributed by atoms with Crippen LogP contribution in [-0.2, 0) is 21.3 Å². The van der Waals surface area contributed by atoms with Crippen molar-refractivity contribution in [2.24, 2.45) is 10.4 Å². The van der Waals surface area contributed by atoms with Crippen LogP contribution in [0.5, 0.6) is 0 Å². The summed E-state index contributed by atoms with van der Waals surface area (Å²) in [6.45, 7) is 6.71. The van der Waals surface area contributed by atoms with E-state index in [1.165, 1.54) is 4.31 Å². The van der Waals surface area contributed by atoms with Crippen molar-refractivity contribution >= 4 is 16.0 Å². The molecule has 1 aromatic carbocycles. The maximum Gasteiger partial charge on any atom is 0.242 e. The predicted octanol–water partition coefficient (Wildman–Crippen LogP) is 1.51. The van der Waals surface area contributed by atoms with Crippen LogP contribution in [0, 0.1) is 5.41 Å². The fraction of sp³-hybridized carbons (Fsp3) is 0.632. The van der Waals surface area contributed by atoms with Gasteiger partial charge < -0.3 is 15.0 Å². The second-order valence-electron chi connectivity index (χ2n) is 7.54. The Morgan fingerprint density at radius 1 is 1.33 bits per heavy atom. The minimum absolute atomic E-state index is 0.252. The molecule has 0 bridgehead atoms. The van der Waals surface area contributed by atoms with E-state index in [0.717, 1.165) is 51.6 Å². The quantitative estimate of drug-likeness (QED) is 0.605. The average molecular weight is 395 g/mol. The van der Waals surface area contributed by atoms with Gasteiger partial charge in [-0.2, -0.15) is 0 Å². The van der Waals surface area contributed by atoms with Crippen molar-refractivity contribution in [2.45, 2.75) is 31.2 Å². The first-order chi connectivity index (χ1) is 12.9. The van der Waals surface area contributed by atoms with Crippen LogP contribution >= 0.6 is 0 Å². The summed E-state index contributed by atoms with van der Waals surface area (Å²) in [5.41, 5.74) is 0.960. The molecule has 1 N–H and O–H groups in total. The Morgan fingerprint density at radius 2 is 2.11 bits per heavy atom. The Hall–Kier alpha value is -1.64. The third-order valence-electron chi connectivity index (χ3n) is 5.39. The summed E-state index contributed by atoms with van der Waals surface area (Å²) in [5.74, 6) is 0.846. The summed E-state index contributed by atoms with van der Waals surface area (Å²) >= 11 is 0. The zero-order chi connectivity index (χ0) is 19.5. The molecule has 2 fully saturated rings. The van der Waals surface area contributed by atoms with Crippen LogP contribution in [0.15, 0.2) is 34.2 Å². The molecule has 150 valence electrons. The van der Waals surface area contributed by atoms with Crippen molar-refractivity contribution in [3.63, 3.8) is 0 Å². The molecule has 2 saturated heterocycles. The first-order valence-electron chi connectivity index (χ1n) is 9.49. The summed E-state index contributed by atoms with van der Waals surface area (Å²) in [6, 6.07) is 7.08. The van der Waals surface area contributed by atoms with Gasteiger partial charge in [0, 0.05) is 45.8 Å². The highest BCUT2D eigenvalue weighted by Crippen LogP contribution is 2.38. The summed E-state index contributed by atoms with van der Waals surface area (Å²) < 4.78 is 32.0. The van der Waals surface area contributed by atoms with E-state index < -0.39 is 10.0 Å². The maximum absolute atomic E-state index is 12.6. The maximum atomic E-state index is 12.6. The van der Waals surface area contributed by atoms with Gasteiger partial charge in [0.15, 0.2) is 5.96 Å². The standard InChI is InChI=1S/C19H30N4O3S/c1-4-20-18(23-11-9-19(14-23)10-12-26-15-19)21-13-16-7-5-6-8-17(16)27(24,25)22(2)3/h5-8H,4,9-15H2,1-3H3,(H,20,21). The molecule has 0 aromatic heterocycles. The summed E-state index contributed by atoms with van der Waals surface area (Å²) in [5, 5.41) is 3.36. The zero-order valence-electron chi connectivity index (χ0n) is 16.4. The number of sulfonamides is 1. The molecule has 27 heavy (non-hydrogen) atoms. The second kappa shape index (κ2) is 8.16. The Balaban J connectivity index is 1.81. The second-order valence-corrected chi connectivity index (χ2v) is 9.66. The molecule has 1 unspecified atom stereocenters. The third-order valence-corrected chi connectivity index (χ3v) is 7.30. The van der Waals surface area contributed by atoms with E-state index in [0.29, 0.717) is 17.0 Å². The predicted molar refractivity (Wildman–Crippen MR) is 106 cm³/mol. The van der Waals surface area contributed by atoms with Crippen LogP contribution in [0.1, 0.15) is 25.3 Å². The lowest BCUT2D eigenvalue weighted by Gasteiger charge is -2.25. The Labute approximate surface area is 162 Å². The van der Waals surface area contributed by atoms with E-state index >= 15 is 0 Å². The SMILES string of the molecule is CCNC(=NCc1ccccc1S(=O)(=O)N(C)C)N1CCC2(CCOC2)C1. The minimum Gasteiger partial charge on any atom is -0.381 e. The zero-order valence-corrected chi connectivity index (χ0v) is 17.3. The highest BCUT2D eigenvalue weighted by molar-refractivity contribution is 7.89. The molecule has 3 rings (SSSR count). The molecular weight excluding hydrogens is 364 g/mol. The molecule has 7 nitrogen and oxygen atoms in total. The molecular formula is C19H30N4O3S. The van der Waals surface area contributed by atoms with Crippen LogP contribution in [-0.4, -0.2) is 70.5 Å². The van der Waals surface area contributed by atoms with E-state index in [2.05, 4.69) is 10.2 Å². The minimum atomic E-state index is -3.49. The van der Waals surface area contributed by atoms with E-state index in [1.54, 1.807) is 26.2 Å². The number of benzene rings is 1. The van der Waals surface area contributed by atoms with Gasteiger partial charge in [0.25, 0.3) is 0 Å². The van der Waals surface area contributed by atoms with Crippen LogP contribution in [0.2, 0.25) is 0 Å². The molecule has 0 saturated carbocycles. The first kappa shape index (κ1) is 20.1. The molecule has 2 heterocycles. The van der Waals surface area contributed by atoms with Crippen molar-refractivity contribution < 1.29 is 13.2 Å². The van der Waals surface area contributed by atoms with Gasteiger partial charge in [0.05, 0.1) is 18.0 Å². The number of guanidine groups is 1. The van der Waals surface area contributed by atoms with Crippen molar-refractivity contribution in [3.8, 4) is 0 Å². The number of nitrogens with one attached hydrogen (secondary N) is 1. The smallest absolute Gasteiger partial charge is 0.242 e. The van der Waals surface area contributed by atoms with E-state index in [9.17, 15) is 8.42 Å². The summed E-state index contributed by atoms with van der Waals surface area (Å²) in [4.78, 5) is 7.36. The molecule has 0 radical (unpaired) electrons. The van der Waals surface area contributed by atoms with Crippen molar-refractivity contribution in [1.29, 1.82) is 0 Å². The van der Waals surface area contributed by atoms with Crippen LogP contribution in [0.25, 0.3) is 0 Å². The van der Waals surface area contributed by atoms with Gasteiger partial charge in [-0.25, -0.2) is 17.7 Å². The molecule has 2 aliphatic heterocycles. The number of hydrogen-bond acceptors (Lipinski definition) is 4. The number of rotatable bonds is 5. The Kier molecular flexibility index (Phi) is 6.08. The fourth-order valence-corrected chi connectivity index (χ4v) is 4.86. The molecule has 0 amide bonds. The lowest BCUT2D eigenvalue weighted by Crippen LogP contribution is -2.41. The normalized spacial score (nSPS) is 23.6. The number of nitrogens with zero attached hydrogens (tertiary/aromatic N) is 3. The van der Waals surface area contributed by atoms with Gasteiger partial charge in [0.2, 0.25) is 10.0 Å². The molecule has 0 aliphatic carbocycles. The number of likely N-dealkylation sites (tertiary alicyclic amines) is 1. The molecule has 1 spiro atoms. The fourth-order valence-electron chi connectivity index (χ4n) is 3.76. The van der Waals surface area contributed by atoms with Gasteiger partial charge in [-0.1, -0.05) is 18.2 Å². The topological polar surface area (TPSA) is 74.2 Å². The van der Waals surface area contributed by atoms with Crippen molar-refractivity contribution in [2.75, 3.05) is 46.9 Å². The van der Waals surface area contributed by atoms with Crippen LogP contribution in [0.3, 0.4) is 0 Å². The van der Waals surface area contributed by atoms with Gasteiger partial charge in [0.1, 0.15) is 0 Å². The Bertz CT molecular complexity index is 786. The van der Waals surface area contributed by atoms with Gasteiger partial charge in [-0.3, -0.25) is 0 Å². The molecule has 8 heteroatoms. The molecule has 1 atom stereocenters. The largest absolute Gasteiger partial charge is 0.381 e.